The lowest BCUT2D eigenvalue weighted by molar-refractivity contribution is -0.123. The van der Waals surface area contributed by atoms with Crippen molar-refractivity contribution >= 4 is 5.91 Å². The Bertz CT molecular complexity index is 814. The van der Waals surface area contributed by atoms with Gasteiger partial charge in [0.05, 0.1) is 7.11 Å². The van der Waals surface area contributed by atoms with Crippen LogP contribution in [0.15, 0.2) is 79.0 Å². The fourth-order valence-corrected chi connectivity index (χ4v) is 2.81. The summed E-state index contributed by atoms with van der Waals surface area (Å²) in [6, 6.07) is 23.1. The quantitative estimate of drug-likeness (QED) is 0.667. The molecular formula is C22H22N2O3. The van der Waals surface area contributed by atoms with Crippen molar-refractivity contribution in [1.82, 2.24) is 10.3 Å². The number of pyridine rings is 1. The number of nitrogens with zero attached hydrogens (tertiary/aromatic N) is 1. The minimum Gasteiger partial charge on any atom is -0.493 e. The summed E-state index contributed by atoms with van der Waals surface area (Å²) in [5, 5.41) is 2.94. The second kappa shape index (κ2) is 9.38. The molecule has 0 radical (unpaired) electrons. The molecule has 2 aromatic carbocycles. The number of amides is 1. The lowest BCUT2D eigenvalue weighted by Crippen LogP contribution is -2.33. The van der Waals surface area contributed by atoms with Crippen molar-refractivity contribution < 1.29 is 14.3 Å². The third-order valence-corrected chi connectivity index (χ3v) is 4.18. The minimum atomic E-state index is -0.197. The van der Waals surface area contributed by atoms with Crippen LogP contribution in [0.5, 0.6) is 11.5 Å². The van der Waals surface area contributed by atoms with E-state index >= 15 is 0 Å². The molecule has 138 valence electrons. The summed E-state index contributed by atoms with van der Waals surface area (Å²) in [4.78, 5) is 16.7. The Kier molecular flexibility index (Phi) is 6.41. The average molecular weight is 362 g/mol. The van der Waals surface area contributed by atoms with Gasteiger partial charge >= 0.3 is 0 Å². The summed E-state index contributed by atoms with van der Waals surface area (Å²) >= 11 is 0. The van der Waals surface area contributed by atoms with Crippen molar-refractivity contribution in [3.05, 3.63) is 90.3 Å². The SMILES string of the molecule is COc1ccccc1OCC(=O)NCC(c1ccccc1)c1ccccn1. The van der Waals surface area contributed by atoms with Gasteiger partial charge < -0.3 is 14.8 Å². The first-order chi connectivity index (χ1) is 13.3. The zero-order valence-electron chi connectivity index (χ0n) is 15.2. The Morgan fingerprint density at radius 2 is 1.67 bits per heavy atom. The number of rotatable bonds is 8. The first kappa shape index (κ1) is 18.5. The molecule has 1 amide bonds. The molecular weight excluding hydrogens is 340 g/mol. The van der Waals surface area contributed by atoms with Crippen molar-refractivity contribution in [2.45, 2.75) is 5.92 Å². The minimum absolute atomic E-state index is 0.0254. The Balaban J connectivity index is 1.62. The first-order valence-electron chi connectivity index (χ1n) is 8.76. The summed E-state index contributed by atoms with van der Waals surface area (Å²) in [5.74, 6) is 0.917. The third-order valence-electron chi connectivity index (χ3n) is 4.18. The predicted molar refractivity (Wildman–Crippen MR) is 104 cm³/mol. The first-order valence-corrected chi connectivity index (χ1v) is 8.76. The van der Waals surface area contributed by atoms with E-state index in [0.717, 1.165) is 11.3 Å². The van der Waals surface area contributed by atoms with Gasteiger partial charge in [0.2, 0.25) is 0 Å². The molecule has 0 saturated heterocycles. The summed E-state index contributed by atoms with van der Waals surface area (Å²) in [7, 11) is 1.57. The summed E-state index contributed by atoms with van der Waals surface area (Å²) in [5.41, 5.74) is 2.01. The van der Waals surface area contributed by atoms with Crippen LogP contribution in [0.1, 0.15) is 17.2 Å². The molecule has 5 heteroatoms. The smallest absolute Gasteiger partial charge is 0.257 e. The highest BCUT2D eigenvalue weighted by Crippen LogP contribution is 2.25. The van der Waals surface area contributed by atoms with Crippen LogP contribution in [0.3, 0.4) is 0 Å². The molecule has 1 atom stereocenters. The molecule has 0 aliphatic heterocycles. The Hall–Kier alpha value is -3.34. The molecule has 0 spiro atoms. The summed E-state index contributed by atoms with van der Waals surface area (Å²) in [6.07, 6.45) is 1.76. The van der Waals surface area contributed by atoms with Crippen molar-refractivity contribution in [3.63, 3.8) is 0 Å². The molecule has 0 saturated carbocycles. The highest BCUT2D eigenvalue weighted by Gasteiger charge is 2.16. The fraction of sp³-hybridized carbons (Fsp3) is 0.182. The van der Waals surface area contributed by atoms with Crippen LogP contribution >= 0.6 is 0 Å². The lowest BCUT2D eigenvalue weighted by atomic mass is 9.95. The largest absolute Gasteiger partial charge is 0.493 e. The molecule has 27 heavy (non-hydrogen) atoms. The molecule has 1 N–H and O–H groups in total. The maximum Gasteiger partial charge on any atom is 0.257 e. The monoisotopic (exact) mass is 362 g/mol. The number of hydrogen-bond donors (Lipinski definition) is 1. The van der Waals surface area contributed by atoms with Gasteiger partial charge in [-0.3, -0.25) is 9.78 Å². The number of para-hydroxylation sites is 2. The van der Waals surface area contributed by atoms with E-state index in [4.69, 9.17) is 9.47 Å². The summed E-state index contributed by atoms with van der Waals surface area (Å²) in [6.45, 7) is 0.360. The van der Waals surface area contributed by atoms with Gasteiger partial charge in [-0.15, -0.1) is 0 Å². The van der Waals surface area contributed by atoms with Gasteiger partial charge in [0.15, 0.2) is 18.1 Å². The molecule has 5 nitrogen and oxygen atoms in total. The Morgan fingerprint density at radius 1 is 0.963 bits per heavy atom. The molecule has 1 aromatic heterocycles. The number of hydrogen-bond acceptors (Lipinski definition) is 4. The van der Waals surface area contributed by atoms with E-state index in [2.05, 4.69) is 10.3 Å². The normalized spacial score (nSPS) is 11.4. The van der Waals surface area contributed by atoms with Crippen LogP contribution in [0.4, 0.5) is 0 Å². The van der Waals surface area contributed by atoms with Crippen LogP contribution in [-0.2, 0) is 4.79 Å². The van der Waals surface area contributed by atoms with E-state index in [1.807, 2.05) is 60.7 Å². The number of aromatic nitrogens is 1. The summed E-state index contributed by atoms with van der Waals surface area (Å²) < 4.78 is 10.8. The zero-order valence-corrected chi connectivity index (χ0v) is 15.2. The number of nitrogens with one attached hydrogen (secondary N) is 1. The average Bonchev–Trinajstić information content (AvgIpc) is 2.74. The maximum atomic E-state index is 12.3. The van der Waals surface area contributed by atoms with Gasteiger partial charge in [-0.1, -0.05) is 48.5 Å². The number of carbonyl (C=O) groups is 1. The lowest BCUT2D eigenvalue weighted by Gasteiger charge is -2.18. The molecule has 0 aliphatic rings. The van der Waals surface area contributed by atoms with Gasteiger partial charge in [0.25, 0.3) is 5.91 Å². The zero-order chi connectivity index (χ0) is 18.9. The Labute approximate surface area is 159 Å². The van der Waals surface area contributed by atoms with Gasteiger partial charge in [-0.2, -0.15) is 0 Å². The Morgan fingerprint density at radius 3 is 2.37 bits per heavy atom. The highest BCUT2D eigenvalue weighted by molar-refractivity contribution is 5.77. The van der Waals surface area contributed by atoms with E-state index < -0.39 is 0 Å². The number of methoxy groups -OCH3 is 1. The van der Waals surface area contributed by atoms with Crippen LogP contribution in [0.25, 0.3) is 0 Å². The standard InChI is InChI=1S/C22H22N2O3/c1-26-20-12-5-6-13-21(20)27-16-22(25)24-15-18(17-9-3-2-4-10-17)19-11-7-8-14-23-19/h2-14,18H,15-16H2,1H3,(H,24,25). The fourth-order valence-electron chi connectivity index (χ4n) is 2.81. The second-order valence-corrected chi connectivity index (χ2v) is 5.96. The van der Waals surface area contributed by atoms with Crippen LogP contribution in [-0.4, -0.2) is 31.2 Å². The van der Waals surface area contributed by atoms with Crippen molar-refractivity contribution in [2.75, 3.05) is 20.3 Å². The van der Waals surface area contributed by atoms with Crippen LogP contribution < -0.4 is 14.8 Å². The second-order valence-electron chi connectivity index (χ2n) is 5.96. The van der Waals surface area contributed by atoms with Crippen LogP contribution in [0.2, 0.25) is 0 Å². The topological polar surface area (TPSA) is 60.5 Å². The van der Waals surface area contributed by atoms with Crippen molar-refractivity contribution in [1.29, 1.82) is 0 Å². The molecule has 0 bridgehead atoms. The van der Waals surface area contributed by atoms with Crippen molar-refractivity contribution in [3.8, 4) is 11.5 Å². The van der Waals surface area contributed by atoms with Gasteiger partial charge in [-0.25, -0.2) is 0 Å². The molecule has 0 fully saturated rings. The highest BCUT2D eigenvalue weighted by atomic mass is 16.5. The van der Waals surface area contributed by atoms with Crippen molar-refractivity contribution in [2.24, 2.45) is 0 Å². The number of benzene rings is 2. The van der Waals surface area contributed by atoms with E-state index in [1.165, 1.54) is 0 Å². The van der Waals surface area contributed by atoms with E-state index in [-0.39, 0.29) is 18.4 Å². The maximum absolute atomic E-state index is 12.3. The number of ether oxygens (including phenoxy) is 2. The van der Waals surface area contributed by atoms with Gasteiger partial charge in [-0.05, 0) is 29.8 Å². The van der Waals surface area contributed by atoms with Crippen LogP contribution in [0, 0.1) is 0 Å². The molecule has 1 unspecified atom stereocenters. The molecule has 3 rings (SSSR count). The molecule has 1 heterocycles. The molecule has 0 aliphatic carbocycles. The number of carbonyl (C=O) groups excluding carboxylic acids is 1. The van der Waals surface area contributed by atoms with E-state index in [1.54, 1.807) is 25.4 Å². The van der Waals surface area contributed by atoms with E-state index in [9.17, 15) is 4.79 Å². The van der Waals surface area contributed by atoms with Gasteiger partial charge in [0.1, 0.15) is 0 Å². The third kappa shape index (κ3) is 5.07. The predicted octanol–water partition coefficient (Wildman–Crippen LogP) is 3.42. The van der Waals surface area contributed by atoms with E-state index in [0.29, 0.717) is 18.0 Å². The molecule has 3 aromatic rings. The van der Waals surface area contributed by atoms with Gasteiger partial charge in [0, 0.05) is 24.4 Å².